The summed E-state index contributed by atoms with van der Waals surface area (Å²) in [6.45, 7) is 2.91. The number of para-hydroxylation sites is 3. The molecule has 0 saturated carbocycles. The molecule has 0 atom stereocenters. The molecule has 5 nitrogen and oxygen atoms in total. The Morgan fingerprint density at radius 3 is 2.34 bits per heavy atom. The average molecular weight is 390 g/mol. The zero-order valence-corrected chi connectivity index (χ0v) is 16.6. The van der Waals surface area contributed by atoms with Crippen LogP contribution in [0.25, 0.3) is 21.8 Å². The van der Waals surface area contributed by atoms with Crippen molar-refractivity contribution in [1.82, 2.24) is 10.3 Å². The second-order valence-corrected chi connectivity index (χ2v) is 6.80. The van der Waals surface area contributed by atoms with Crippen LogP contribution in [-0.4, -0.2) is 38.4 Å². The second-order valence-electron chi connectivity index (χ2n) is 6.80. The van der Waals surface area contributed by atoms with Crippen LogP contribution in [0.3, 0.4) is 0 Å². The predicted octanol–water partition coefficient (Wildman–Crippen LogP) is 4.77. The van der Waals surface area contributed by atoms with Crippen LogP contribution >= 0.6 is 0 Å². The topological polar surface area (TPSA) is 55.5 Å². The van der Waals surface area contributed by atoms with E-state index in [0.29, 0.717) is 13.2 Å². The standard InChI is InChI=1S/C24H26N2O3/c1-27-21-11-4-5-12-22(21)29-17-15-25-14-7-16-28-23-13-6-10-20-24(23)18-8-2-3-9-19(18)26-20/h2-6,8-13,25-26H,7,14-17H2,1H3. The van der Waals surface area contributed by atoms with E-state index in [1.165, 1.54) is 5.39 Å². The van der Waals surface area contributed by atoms with Crippen LogP contribution in [0.1, 0.15) is 6.42 Å². The van der Waals surface area contributed by atoms with E-state index in [2.05, 4.69) is 34.6 Å². The van der Waals surface area contributed by atoms with Crippen molar-refractivity contribution in [2.75, 3.05) is 33.4 Å². The molecule has 0 aliphatic rings. The number of benzene rings is 3. The summed E-state index contributed by atoms with van der Waals surface area (Å²) in [5.41, 5.74) is 2.24. The number of rotatable bonds is 10. The largest absolute Gasteiger partial charge is 0.493 e. The number of H-pyrrole nitrogens is 1. The quantitative estimate of drug-likeness (QED) is 0.383. The van der Waals surface area contributed by atoms with Crippen LogP contribution in [0.4, 0.5) is 0 Å². The molecular weight excluding hydrogens is 364 g/mol. The molecular formula is C24H26N2O3. The molecule has 4 aromatic rings. The van der Waals surface area contributed by atoms with Crippen molar-refractivity contribution >= 4 is 21.8 Å². The molecule has 0 bridgehead atoms. The first-order valence-electron chi connectivity index (χ1n) is 9.95. The lowest BCUT2D eigenvalue weighted by Crippen LogP contribution is -2.23. The Morgan fingerprint density at radius 1 is 0.724 bits per heavy atom. The SMILES string of the molecule is COc1ccccc1OCCNCCCOc1cccc2[nH]c3ccccc3c12. The fourth-order valence-electron chi connectivity index (χ4n) is 3.46. The molecule has 2 N–H and O–H groups in total. The maximum absolute atomic E-state index is 6.08. The van der Waals surface area contributed by atoms with Crippen LogP contribution in [-0.2, 0) is 0 Å². The summed E-state index contributed by atoms with van der Waals surface area (Å²) >= 11 is 0. The summed E-state index contributed by atoms with van der Waals surface area (Å²) in [5.74, 6) is 2.46. The number of fused-ring (bicyclic) bond motifs is 3. The van der Waals surface area contributed by atoms with E-state index in [-0.39, 0.29) is 0 Å². The Morgan fingerprint density at radius 2 is 1.45 bits per heavy atom. The Kier molecular flexibility index (Phi) is 6.17. The monoisotopic (exact) mass is 390 g/mol. The molecule has 1 heterocycles. The highest BCUT2D eigenvalue weighted by molar-refractivity contribution is 6.10. The minimum absolute atomic E-state index is 0.593. The first-order valence-corrected chi connectivity index (χ1v) is 9.95. The molecule has 5 heteroatoms. The van der Waals surface area contributed by atoms with Crippen molar-refractivity contribution in [2.24, 2.45) is 0 Å². The van der Waals surface area contributed by atoms with Crippen molar-refractivity contribution in [3.63, 3.8) is 0 Å². The van der Waals surface area contributed by atoms with Gasteiger partial charge in [0.25, 0.3) is 0 Å². The molecule has 150 valence electrons. The minimum atomic E-state index is 0.593. The summed E-state index contributed by atoms with van der Waals surface area (Å²) in [6.07, 6.45) is 0.924. The van der Waals surface area contributed by atoms with Crippen molar-refractivity contribution in [3.8, 4) is 17.2 Å². The number of ether oxygens (including phenoxy) is 3. The summed E-state index contributed by atoms with van der Waals surface area (Å²) < 4.78 is 17.1. The smallest absolute Gasteiger partial charge is 0.161 e. The summed E-state index contributed by atoms with van der Waals surface area (Å²) in [7, 11) is 1.65. The molecule has 1 aromatic heterocycles. The van der Waals surface area contributed by atoms with Gasteiger partial charge in [0.1, 0.15) is 12.4 Å². The molecule has 0 spiro atoms. The van der Waals surface area contributed by atoms with E-state index in [1.54, 1.807) is 7.11 Å². The molecule has 0 unspecified atom stereocenters. The summed E-state index contributed by atoms with van der Waals surface area (Å²) in [5, 5.41) is 5.74. The predicted molar refractivity (Wildman–Crippen MR) is 117 cm³/mol. The maximum atomic E-state index is 6.08. The lowest BCUT2D eigenvalue weighted by molar-refractivity contribution is 0.284. The van der Waals surface area contributed by atoms with Crippen molar-refractivity contribution in [1.29, 1.82) is 0 Å². The second kappa shape index (κ2) is 9.34. The molecule has 0 aliphatic heterocycles. The lowest BCUT2D eigenvalue weighted by Gasteiger charge is -2.11. The fourth-order valence-corrected chi connectivity index (χ4v) is 3.46. The highest BCUT2D eigenvalue weighted by Gasteiger charge is 2.09. The zero-order valence-electron chi connectivity index (χ0n) is 16.6. The van der Waals surface area contributed by atoms with Crippen molar-refractivity contribution in [3.05, 3.63) is 66.7 Å². The Balaban J connectivity index is 1.21. The van der Waals surface area contributed by atoms with Crippen LogP contribution in [0, 0.1) is 0 Å². The minimum Gasteiger partial charge on any atom is -0.493 e. The number of aromatic amines is 1. The van der Waals surface area contributed by atoms with Crippen molar-refractivity contribution in [2.45, 2.75) is 6.42 Å². The molecule has 4 rings (SSSR count). The van der Waals surface area contributed by atoms with Gasteiger partial charge in [-0.3, -0.25) is 0 Å². The molecule has 0 fully saturated rings. The summed E-state index contributed by atoms with van der Waals surface area (Å²) in [6, 6.07) is 22.2. The van der Waals surface area contributed by atoms with Gasteiger partial charge in [-0.25, -0.2) is 0 Å². The Labute approximate surface area is 170 Å². The van der Waals surface area contributed by atoms with Gasteiger partial charge in [-0.05, 0) is 43.3 Å². The third-order valence-corrected chi connectivity index (χ3v) is 4.85. The normalized spacial score (nSPS) is 11.1. The van der Waals surface area contributed by atoms with Crippen molar-refractivity contribution < 1.29 is 14.2 Å². The van der Waals surface area contributed by atoms with E-state index in [9.17, 15) is 0 Å². The third kappa shape index (κ3) is 4.46. The zero-order chi connectivity index (χ0) is 19.9. The van der Waals surface area contributed by atoms with Gasteiger partial charge in [0, 0.05) is 22.8 Å². The highest BCUT2D eigenvalue weighted by Crippen LogP contribution is 2.33. The molecule has 29 heavy (non-hydrogen) atoms. The van der Waals surface area contributed by atoms with Crippen LogP contribution in [0.5, 0.6) is 17.2 Å². The third-order valence-electron chi connectivity index (χ3n) is 4.85. The number of aromatic nitrogens is 1. The highest BCUT2D eigenvalue weighted by atomic mass is 16.5. The first kappa shape index (κ1) is 19.2. The van der Waals surface area contributed by atoms with Gasteiger partial charge < -0.3 is 24.5 Å². The molecule has 3 aromatic carbocycles. The number of hydrogen-bond donors (Lipinski definition) is 2. The first-order chi connectivity index (χ1) is 14.4. The van der Waals surface area contributed by atoms with Gasteiger partial charge in [0.15, 0.2) is 11.5 Å². The Bertz CT molecular complexity index is 1070. The van der Waals surface area contributed by atoms with Gasteiger partial charge in [0.05, 0.1) is 19.2 Å². The van der Waals surface area contributed by atoms with E-state index in [1.807, 2.05) is 42.5 Å². The van der Waals surface area contributed by atoms with Gasteiger partial charge in [-0.2, -0.15) is 0 Å². The van der Waals surface area contributed by atoms with E-state index >= 15 is 0 Å². The maximum Gasteiger partial charge on any atom is 0.161 e. The Hall–Kier alpha value is -3.18. The molecule has 0 aliphatic carbocycles. The molecule has 0 amide bonds. The van der Waals surface area contributed by atoms with E-state index in [4.69, 9.17) is 14.2 Å². The van der Waals surface area contributed by atoms with E-state index < -0.39 is 0 Å². The fraction of sp³-hybridized carbons (Fsp3) is 0.250. The van der Waals surface area contributed by atoms with Crippen LogP contribution < -0.4 is 19.5 Å². The number of hydrogen-bond acceptors (Lipinski definition) is 4. The van der Waals surface area contributed by atoms with Gasteiger partial charge >= 0.3 is 0 Å². The van der Waals surface area contributed by atoms with E-state index in [0.717, 1.165) is 53.2 Å². The summed E-state index contributed by atoms with van der Waals surface area (Å²) in [4.78, 5) is 3.45. The average Bonchev–Trinajstić information content (AvgIpc) is 3.15. The lowest BCUT2D eigenvalue weighted by atomic mass is 10.1. The van der Waals surface area contributed by atoms with Crippen LogP contribution in [0.15, 0.2) is 66.7 Å². The van der Waals surface area contributed by atoms with Gasteiger partial charge in [-0.1, -0.05) is 36.4 Å². The van der Waals surface area contributed by atoms with Gasteiger partial charge in [0.2, 0.25) is 0 Å². The number of methoxy groups -OCH3 is 1. The molecule has 0 saturated heterocycles. The van der Waals surface area contributed by atoms with Crippen LogP contribution in [0.2, 0.25) is 0 Å². The molecule has 0 radical (unpaired) electrons. The number of nitrogens with one attached hydrogen (secondary N) is 2. The van der Waals surface area contributed by atoms with Gasteiger partial charge in [-0.15, -0.1) is 0 Å².